The first-order valence-corrected chi connectivity index (χ1v) is 10.7. The molecule has 0 saturated carbocycles. The Morgan fingerprint density at radius 3 is 2.50 bits per heavy atom. The molecule has 2 aromatic carbocycles. The Bertz CT molecular complexity index is 1090. The minimum Gasteiger partial charge on any atom is -0.497 e. The van der Waals surface area contributed by atoms with Crippen LogP contribution in [0.1, 0.15) is 54.7 Å². The molecule has 0 atom stereocenters. The van der Waals surface area contributed by atoms with Gasteiger partial charge in [-0.05, 0) is 77.1 Å². The molecule has 0 saturated heterocycles. The molecule has 1 heterocycles. The Morgan fingerprint density at radius 2 is 1.77 bits per heavy atom. The first kappa shape index (κ1) is 20.5. The van der Waals surface area contributed by atoms with E-state index in [0.717, 1.165) is 41.5 Å². The van der Waals surface area contributed by atoms with E-state index < -0.39 is 0 Å². The number of carbonyl (C=O) groups is 1. The number of nitrogens with one attached hydrogen (secondary N) is 2. The number of H-pyrrole nitrogens is 1. The number of carbonyl (C=O) groups excluding carboxylic acids is 1. The lowest BCUT2D eigenvalue weighted by Gasteiger charge is -2.46. The Kier molecular flexibility index (Phi) is 5.13. The van der Waals surface area contributed by atoms with Gasteiger partial charge in [-0.15, -0.1) is 0 Å². The molecule has 4 rings (SSSR count). The minimum atomic E-state index is -0.00198. The van der Waals surface area contributed by atoms with Gasteiger partial charge in [0.15, 0.2) is 0 Å². The van der Waals surface area contributed by atoms with E-state index in [2.05, 4.69) is 50.1 Å². The third kappa shape index (κ3) is 3.71. The summed E-state index contributed by atoms with van der Waals surface area (Å²) >= 11 is 0. The highest BCUT2D eigenvalue weighted by molar-refractivity contribution is 5.94. The van der Waals surface area contributed by atoms with Gasteiger partial charge in [-0.3, -0.25) is 4.79 Å². The zero-order valence-electron chi connectivity index (χ0n) is 18.7. The van der Waals surface area contributed by atoms with Gasteiger partial charge in [-0.2, -0.15) is 0 Å². The Labute approximate surface area is 179 Å². The van der Waals surface area contributed by atoms with Crippen LogP contribution in [0.15, 0.2) is 42.6 Å². The summed E-state index contributed by atoms with van der Waals surface area (Å²) in [7, 11) is 1.68. The smallest absolute Gasteiger partial charge is 0.251 e. The summed E-state index contributed by atoms with van der Waals surface area (Å²) in [4.78, 5) is 16.1. The molecule has 1 amide bonds. The molecule has 0 bridgehead atoms. The average Bonchev–Trinajstić information content (AvgIpc) is 3.10. The predicted octanol–water partition coefficient (Wildman–Crippen LogP) is 5.30. The van der Waals surface area contributed by atoms with Crippen molar-refractivity contribution in [3.05, 3.63) is 64.8 Å². The highest BCUT2D eigenvalue weighted by atomic mass is 16.5. The highest BCUT2D eigenvalue weighted by Gasteiger charge is 2.41. The topological polar surface area (TPSA) is 54.1 Å². The van der Waals surface area contributed by atoms with Crippen LogP contribution in [0.3, 0.4) is 0 Å². The van der Waals surface area contributed by atoms with E-state index >= 15 is 0 Å². The zero-order chi connectivity index (χ0) is 21.5. The summed E-state index contributed by atoms with van der Waals surface area (Å²) < 4.78 is 5.34. The first-order valence-electron chi connectivity index (χ1n) is 10.7. The molecule has 1 aromatic heterocycles. The van der Waals surface area contributed by atoms with Crippen molar-refractivity contribution >= 4 is 16.8 Å². The van der Waals surface area contributed by atoms with Gasteiger partial charge in [0.25, 0.3) is 5.91 Å². The molecule has 158 valence electrons. The number of fused-ring (bicyclic) bond motifs is 2. The number of ether oxygens (including phenoxy) is 1. The maximum Gasteiger partial charge on any atom is 0.251 e. The highest BCUT2D eigenvalue weighted by Crippen LogP contribution is 2.48. The largest absolute Gasteiger partial charge is 0.497 e. The van der Waals surface area contributed by atoms with Crippen LogP contribution in [0.4, 0.5) is 0 Å². The Balaban J connectivity index is 1.43. The second-order valence-electron chi connectivity index (χ2n) is 9.84. The fourth-order valence-electron chi connectivity index (χ4n) is 4.44. The zero-order valence-corrected chi connectivity index (χ0v) is 18.7. The van der Waals surface area contributed by atoms with Crippen molar-refractivity contribution in [1.29, 1.82) is 0 Å². The second kappa shape index (κ2) is 7.50. The molecule has 3 aromatic rings. The number of hydrogen-bond donors (Lipinski definition) is 2. The fourth-order valence-corrected chi connectivity index (χ4v) is 4.44. The van der Waals surface area contributed by atoms with Crippen molar-refractivity contribution in [3.63, 3.8) is 0 Å². The third-order valence-electron chi connectivity index (χ3n) is 7.22. The van der Waals surface area contributed by atoms with Crippen LogP contribution in [-0.2, 0) is 19.3 Å². The molecule has 1 aliphatic rings. The van der Waals surface area contributed by atoms with Gasteiger partial charge in [0.2, 0.25) is 0 Å². The van der Waals surface area contributed by atoms with E-state index in [1.54, 1.807) is 7.11 Å². The summed E-state index contributed by atoms with van der Waals surface area (Å²) in [6.07, 6.45) is 4.85. The molecule has 0 radical (unpaired) electrons. The maximum absolute atomic E-state index is 12.8. The van der Waals surface area contributed by atoms with Crippen molar-refractivity contribution in [3.8, 4) is 5.75 Å². The van der Waals surface area contributed by atoms with Gasteiger partial charge in [-0.1, -0.05) is 33.8 Å². The molecule has 0 fully saturated rings. The lowest BCUT2D eigenvalue weighted by Crippen LogP contribution is -2.40. The van der Waals surface area contributed by atoms with Gasteiger partial charge < -0.3 is 15.0 Å². The molecule has 0 spiro atoms. The Morgan fingerprint density at radius 1 is 1.03 bits per heavy atom. The van der Waals surface area contributed by atoms with Gasteiger partial charge in [0.05, 0.1) is 7.11 Å². The molecule has 0 unspecified atom stereocenters. The fraction of sp³-hybridized carbons (Fsp3) is 0.423. The SMILES string of the molecule is COc1ccc2[nH]cc(CCNC(=O)c3ccc4c(c3)CC(C)(C)C(C)(C)C4)c2c1. The van der Waals surface area contributed by atoms with Gasteiger partial charge in [0.1, 0.15) is 5.75 Å². The molecule has 30 heavy (non-hydrogen) atoms. The van der Waals surface area contributed by atoms with Gasteiger partial charge in [0, 0.05) is 29.2 Å². The first-order chi connectivity index (χ1) is 14.2. The minimum absolute atomic E-state index is 0.00198. The standard InChI is InChI=1S/C26H32N2O2/c1-25(2)14-18-7-6-17(12-20(18)15-26(25,3)4)24(29)27-11-10-19-16-28-23-9-8-21(30-5)13-22(19)23/h6-9,12-13,16,28H,10-11,14-15H2,1-5H3,(H,27,29). The molecule has 2 N–H and O–H groups in total. The predicted molar refractivity (Wildman–Crippen MR) is 122 cm³/mol. The van der Waals surface area contributed by atoms with Crippen molar-refractivity contribution in [2.75, 3.05) is 13.7 Å². The van der Waals surface area contributed by atoms with Crippen LogP contribution >= 0.6 is 0 Å². The quantitative estimate of drug-likeness (QED) is 0.606. The van der Waals surface area contributed by atoms with Crippen LogP contribution in [0, 0.1) is 10.8 Å². The van der Waals surface area contributed by atoms with E-state index in [-0.39, 0.29) is 16.7 Å². The normalized spacial score (nSPS) is 16.8. The van der Waals surface area contributed by atoms with Crippen LogP contribution in [0.25, 0.3) is 10.9 Å². The molecule has 1 aliphatic carbocycles. The lowest BCUT2D eigenvalue weighted by molar-refractivity contribution is 0.0941. The number of hydrogen-bond acceptors (Lipinski definition) is 2. The molecule has 4 nitrogen and oxygen atoms in total. The summed E-state index contributed by atoms with van der Waals surface area (Å²) in [5.41, 5.74) is 6.18. The Hall–Kier alpha value is -2.75. The number of aromatic amines is 1. The van der Waals surface area contributed by atoms with Crippen molar-refractivity contribution in [1.82, 2.24) is 10.3 Å². The van der Waals surface area contributed by atoms with Crippen molar-refractivity contribution in [2.45, 2.75) is 47.0 Å². The van der Waals surface area contributed by atoms with E-state index in [4.69, 9.17) is 4.74 Å². The molecular formula is C26H32N2O2. The van der Waals surface area contributed by atoms with Crippen molar-refractivity contribution < 1.29 is 9.53 Å². The van der Waals surface area contributed by atoms with Crippen LogP contribution < -0.4 is 10.1 Å². The lowest BCUT2D eigenvalue weighted by atomic mass is 9.58. The third-order valence-corrected chi connectivity index (χ3v) is 7.22. The number of amides is 1. The summed E-state index contributed by atoms with van der Waals surface area (Å²) in [6.45, 7) is 9.95. The average molecular weight is 405 g/mol. The summed E-state index contributed by atoms with van der Waals surface area (Å²) in [5.74, 6) is 0.838. The van der Waals surface area contributed by atoms with Crippen LogP contribution in [-0.4, -0.2) is 24.5 Å². The van der Waals surface area contributed by atoms with Crippen LogP contribution in [0.5, 0.6) is 5.75 Å². The maximum atomic E-state index is 12.8. The summed E-state index contributed by atoms with van der Waals surface area (Å²) in [5, 5.41) is 4.23. The number of benzene rings is 2. The summed E-state index contributed by atoms with van der Waals surface area (Å²) in [6, 6.07) is 12.2. The number of methoxy groups -OCH3 is 1. The molecular weight excluding hydrogens is 372 g/mol. The van der Waals surface area contributed by atoms with Gasteiger partial charge in [-0.25, -0.2) is 0 Å². The van der Waals surface area contributed by atoms with E-state index in [0.29, 0.717) is 6.54 Å². The van der Waals surface area contributed by atoms with Crippen LogP contribution in [0.2, 0.25) is 0 Å². The molecule has 0 aliphatic heterocycles. The number of rotatable bonds is 5. The monoisotopic (exact) mass is 404 g/mol. The number of aromatic nitrogens is 1. The van der Waals surface area contributed by atoms with E-state index in [1.165, 1.54) is 16.7 Å². The van der Waals surface area contributed by atoms with Crippen molar-refractivity contribution in [2.24, 2.45) is 10.8 Å². The molecule has 4 heteroatoms. The van der Waals surface area contributed by atoms with Gasteiger partial charge >= 0.3 is 0 Å². The van der Waals surface area contributed by atoms with E-state index in [9.17, 15) is 4.79 Å². The van der Waals surface area contributed by atoms with E-state index in [1.807, 2.05) is 30.5 Å². The second-order valence-corrected chi connectivity index (χ2v) is 9.84.